The lowest BCUT2D eigenvalue weighted by molar-refractivity contribution is -0.113. The fraction of sp³-hybridized carbons (Fsp3) is 0.440. The van der Waals surface area contributed by atoms with Crippen molar-refractivity contribution >= 4 is 40.0 Å². The molecular weight excluding hydrogens is 484 g/mol. The average Bonchev–Trinajstić information content (AvgIpc) is 3.33. The molecule has 0 saturated heterocycles. The van der Waals surface area contributed by atoms with E-state index in [1.807, 2.05) is 42.7 Å². The minimum Gasteiger partial charge on any atom is -0.486 e. The van der Waals surface area contributed by atoms with Crippen molar-refractivity contribution in [3.05, 3.63) is 51.7 Å². The number of hydrogen-bond acceptors (Lipinski definition) is 8. The largest absolute Gasteiger partial charge is 0.486 e. The number of fused-ring (bicyclic) bond motifs is 1. The van der Waals surface area contributed by atoms with Gasteiger partial charge in [0.25, 0.3) is 0 Å². The molecular formula is C25H30N4O4S2. The van der Waals surface area contributed by atoms with Crippen LogP contribution in [0.4, 0.5) is 5.00 Å². The fourth-order valence-corrected chi connectivity index (χ4v) is 6.19. The molecule has 1 aliphatic rings. The molecule has 0 aliphatic heterocycles. The van der Waals surface area contributed by atoms with Crippen LogP contribution in [-0.4, -0.2) is 39.5 Å². The van der Waals surface area contributed by atoms with Gasteiger partial charge < -0.3 is 19.4 Å². The van der Waals surface area contributed by atoms with Crippen LogP contribution >= 0.6 is 23.1 Å². The van der Waals surface area contributed by atoms with E-state index in [1.54, 1.807) is 0 Å². The summed E-state index contributed by atoms with van der Waals surface area (Å²) in [6, 6.07) is 7.84. The van der Waals surface area contributed by atoms with Gasteiger partial charge in [0.05, 0.1) is 18.4 Å². The van der Waals surface area contributed by atoms with Gasteiger partial charge in [0, 0.05) is 11.4 Å². The van der Waals surface area contributed by atoms with Crippen LogP contribution in [0.3, 0.4) is 0 Å². The first-order chi connectivity index (χ1) is 17.0. The summed E-state index contributed by atoms with van der Waals surface area (Å²) in [6.45, 7) is 4.99. The summed E-state index contributed by atoms with van der Waals surface area (Å²) < 4.78 is 12.8. The summed E-state index contributed by atoms with van der Waals surface area (Å²) in [7, 11) is 1.38. The molecule has 0 spiro atoms. The zero-order valence-electron chi connectivity index (χ0n) is 20.3. The fourth-order valence-electron chi connectivity index (χ4n) is 4.07. The predicted octanol–water partition coefficient (Wildman–Crippen LogP) is 5.03. The van der Waals surface area contributed by atoms with Crippen LogP contribution in [0, 0.1) is 6.92 Å². The Labute approximate surface area is 213 Å². The number of amides is 1. The molecule has 1 N–H and O–H groups in total. The van der Waals surface area contributed by atoms with E-state index in [9.17, 15) is 9.59 Å². The minimum absolute atomic E-state index is 0.153. The van der Waals surface area contributed by atoms with Gasteiger partial charge in [0.1, 0.15) is 17.4 Å². The second-order valence-corrected chi connectivity index (χ2v) is 10.4. The second kappa shape index (κ2) is 11.7. The van der Waals surface area contributed by atoms with E-state index in [2.05, 4.69) is 15.5 Å². The predicted molar refractivity (Wildman–Crippen MR) is 137 cm³/mol. The number of rotatable bonds is 9. The highest BCUT2D eigenvalue weighted by Crippen LogP contribution is 2.38. The van der Waals surface area contributed by atoms with Crippen LogP contribution in [-0.2, 0) is 35.5 Å². The van der Waals surface area contributed by atoms with Gasteiger partial charge in [-0.05, 0) is 57.2 Å². The smallest absolute Gasteiger partial charge is 0.341 e. The number of hydrogen-bond donors (Lipinski definition) is 1. The van der Waals surface area contributed by atoms with Gasteiger partial charge in [-0.25, -0.2) is 4.79 Å². The van der Waals surface area contributed by atoms with E-state index in [4.69, 9.17) is 9.47 Å². The van der Waals surface area contributed by atoms with Crippen molar-refractivity contribution in [1.29, 1.82) is 0 Å². The van der Waals surface area contributed by atoms with Gasteiger partial charge in [-0.1, -0.05) is 35.9 Å². The topological polar surface area (TPSA) is 95.3 Å². The quantitative estimate of drug-likeness (QED) is 0.243. The summed E-state index contributed by atoms with van der Waals surface area (Å²) in [4.78, 5) is 26.5. The van der Waals surface area contributed by atoms with Crippen molar-refractivity contribution in [1.82, 2.24) is 14.8 Å². The summed E-state index contributed by atoms with van der Waals surface area (Å²) in [6.07, 6.45) is 5.06. The summed E-state index contributed by atoms with van der Waals surface area (Å²) in [5.74, 6) is 1.03. The van der Waals surface area contributed by atoms with Crippen molar-refractivity contribution in [2.45, 2.75) is 64.3 Å². The number of methoxy groups -OCH3 is 1. The molecule has 1 aliphatic carbocycles. The molecule has 3 aromatic rings. The number of aryl methyl sites for hydroxylation is 2. The molecule has 8 nitrogen and oxygen atoms in total. The third kappa shape index (κ3) is 6.05. The van der Waals surface area contributed by atoms with Gasteiger partial charge in [-0.2, -0.15) is 0 Å². The lowest BCUT2D eigenvalue weighted by Crippen LogP contribution is -2.17. The van der Waals surface area contributed by atoms with Crippen LogP contribution in [0.25, 0.3) is 0 Å². The third-order valence-corrected chi connectivity index (χ3v) is 8.07. The van der Waals surface area contributed by atoms with E-state index in [-0.39, 0.29) is 11.7 Å². The molecule has 0 bridgehead atoms. The molecule has 35 heavy (non-hydrogen) atoms. The highest BCUT2D eigenvalue weighted by Gasteiger charge is 2.26. The van der Waals surface area contributed by atoms with E-state index in [0.29, 0.717) is 34.7 Å². The Morgan fingerprint density at radius 2 is 1.91 bits per heavy atom. The van der Waals surface area contributed by atoms with E-state index >= 15 is 0 Å². The van der Waals surface area contributed by atoms with Crippen molar-refractivity contribution in [2.24, 2.45) is 0 Å². The van der Waals surface area contributed by atoms with Crippen LogP contribution in [0.2, 0.25) is 0 Å². The zero-order chi connectivity index (χ0) is 24.8. The molecule has 1 aromatic carbocycles. The van der Waals surface area contributed by atoms with Gasteiger partial charge in [0.15, 0.2) is 11.0 Å². The lowest BCUT2D eigenvalue weighted by Gasteiger charge is -2.09. The van der Waals surface area contributed by atoms with Crippen molar-refractivity contribution in [2.75, 3.05) is 18.2 Å². The van der Waals surface area contributed by atoms with Gasteiger partial charge in [-0.15, -0.1) is 21.5 Å². The number of carbonyl (C=O) groups is 2. The molecule has 2 aromatic heterocycles. The molecule has 2 heterocycles. The Bertz CT molecular complexity index is 1190. The molecule has 186 valence electrons. The maximum absolute atomic E-state index is 12.8. The molecule has 0 unspecified atom stereocenters. The second-order valence-electron chi connectivity index (χ2n) is 8.34. The maximum atomic E-state index is 12.8. The number of thioether (sulfide) groups is 1. The number of ether oxygens (including phenoxy) is 2. The number of benzene rings is 1. The molecule has 0 atom stereocenters. The van der Waals surface area contributed by atoms with Gasteiger partial charge in [-0.3, -0.25) is 4.79 Å². The van der Waals surface area contributed by atoms with E-state index in [0.717, 1.165) is 43.4 Å². The lowest BCUT2D eigenvalue weighted by atomic mass is 10.1. The minimum atomic E-state index is -0.392. The van der Waals surface area contributed by atoms with Crippen LogP contribution in [0.5, 0.6) is 5.75 Å². The number of thiophene rings is 1. The first kappa shape index (κ1) is 25.2. The Kier molecular flexibility index (Phi) is 8.46. The molecule has 1 amide bonds. The van der Waals surface area contributed by atoms with E-state index < -0.39 is 5.97 Å². The Morgan fingerprint density at radius 1 is 1.14 bits per heavy atom. The normalized spacial score (nSPS) is 13.1. The van der Waals surface area contributed by atoms with Crippen molar-refractivity contribution < 1.29 is 19.1 Å². The Balaban J connectivity index is 1.40. The highest BCUT2D eigenvalue weighted by atomic mass is 32.2. The summed E-state index contributed by atoms with van der Waals surface area (Å²) in [5.41, 5.74) is 2.72. The zero-order valence-corrected chi connectivity index (χ0v) is 21.9. The SMILES string of the molecule is CCn1c(COc2ccc(C)cc2)nnc1SCC(=O)Nc1sc2c(c1C(=O)OC)CCCCC2. The van der Waals surface area contributed by atoms with Crippen LogP contribution < -0.4 is 10.1 Å². The van der Waals surface area contributed by atoms with Gasteiger partial charge in [0.2, 0.25) is 5.91 Å². The van der Waals surface area contributed by atoms with Gasteiger partial charge >= 0.3 is 5.97 Å². The first-order valence-corrected chi connectivity index (χ1v) is 13.6. The van der Waals surface area contributed by atoms with Crippen LogP contribution in [0.15, 0.2) is 29.4 Å². The molecule has 4 rings (SSSR count). The van der Waals surface area contributed by atoms with Crippen molar-refractivity contribution in [3.8, 4) is 5.75 Å². The number of nitrogens with zero attached hydrogens (tertiary/aromatic N) is 3. The number of aromatic nitrogens is 3. The Morgan fingerprint density at radius 3 is 2.66 bits per heavy atom. The van der Waals surface area contributed by atoms with E-state index in [1.165, 1.54) is 40.6 Å². The molecule has 0 saturated carbocycles. The van der Waals surface area contributed by atoms with Crippen molar-refractivity contribution in [3.63, 3.8) is 0 Å². The third-order valence-electron chi connectivity index (χ3n) is 5.89. The maximum Gasteiger partial charge on any atom is 0.341 e. The number of anilines is 1. The molecule has 10 heteroatoms. The average molecular weight is 515 g/mol. The molecule has 0 fully saturated rings. The summed E-state index contributed by atoms with van der Waals surface area (Å²) in [5, 5.41) is 12.7. The number of nitrogens with one attached hydrogen (secondary N) is 1. The standard InChI is InChI=1S/C25H30N4O4S2/c1-4-29-20(14-33-17-12-10-16(2)11-13-17)27-28-25(29)34-15-21(30)26-23-22(24(31)32-3)18-8-6-5-7-9-19(18)35-23/h10-13H,4-9,14-15H2,1-3H3,(H,26,30). The number of carbonyl (C=O) groups excluding carboxylic acids is 2. The highest BCUT2D eigenvalue weighted by molar-refractivity contribution is 7.99. The monoisotopic (exact) mass is 514 g/mol. The first-order valence-electron chi connectivity index (χ1n) is 11.8. The molecule has 0 radical (unpaired) electrons. The Hall–Kier alpha value is -2.85. The van der Waals surface area contributed by atoms with Crippen LogP contribution in [0.1, 0.15) is 58.4 Å². The summed E-state index contributed by atoms with van der Waals surface area (Å²) >= 11 is 2.81. The number of esters is 1.